The molecule has 1 amide bonds. The highest BCUT2D eigenvalue weighted by atomic mass is 19.1. The zero-order valence-corrected chi connectivity index (χ0v) is 21.9. The summed E-state index contributed by atoms with van der Waals surface area (Å²) in [6.45, 7) is 13.7. The number of carbonyl (C=O) groups excluding carboxylic acids is 1. The van der Waals surface area contributed by atoms with Crippen molar-refractivity contribution in [2.24, 2.45) is 11.3 Å². The summed E-state index contributed by atoms with van der Waals surface area (Å²) in [6, 6.07) is 6.63. The fraction of sp³-hybridized carbons (Fsp3) is 0.667. The molecule has 2 saturated heterocycles. The Bertz CT molecular complexity index is 923. The lowest BCUT2D eigenvalue weighted by atomic mass is 9.62. The fourth-order valence-corrected chi connectivity index (χ4v) is 5.98. The van der Waals surface area contributed by atoms with Gasteiger partial charge in [-0.1, -0.05) is 5.57 Å². The molecule has 1 aromatic rings. The van der Waals surface area contributed by atoms with Gasteiger partial charge in [-0.25, -0.2) is 14.6 Å². The first-order chi connectivity index (χ1) is 16.6. The molecule has 1 aliphatic carbocycles. The number of hydrazine groups is 1. The van der Waals surface area contributed by atoms with Gasteiger partial charge in [0.05, 0.1) is 18.9 Å². The smallest absolute Gasteiger partial charge is 0.410 e. The van der Waals surface area contributed by atoms with Crippen LogP contribution in [-0.2, 0) is 9.47 Å². The average molecular weight is 489 g/mol. The van der Waals surface area contributed by atoms with Gasteiger partial charge in [-0.3, -0.25) is 9.91 Å². The van der Waals surface area contributed by atoms with E-state index in [9.17, 15) is 9.18 Å². The molecule has 0 unspecified atom stereocenters. The molecule has 1 N–H and O–H groups in total. The van der Waals surface area contributed by atoms with E-state index < -0.39 is 5.60 Å². The van der Waals surface area contributed by atoms with Crippen molar-refractivity contribution in [3.63, 3.8) is 0 Å². The molecule has 35 heavy (non-hydrogen) atoms. The van der Waals surface area contributed by atoms with Crippen LogP contribution in [0.15, 0.2) is 35.5 Å². The van der Waals surface area contributed by atoms with E-state index in [1.165, 1.54) is 23.4 Å². The molecule has 0 saturated carbocycles. The molecule has 3 aliphatic rings. The average Bonchev–Trinajstić information content (AvgIpc) is 2.80. The normalized spacial score (nSPS) is 25.9. The highest BCUT2D eigenvalue weighted by Gasteiger charge is 2.49. The third-order valence-corrected chi connectivity index (χ3v) is 7.54. The predicted octanol–water partition coefficient (Wildman–Crippen LogP) is 4.41. The molecule has 7 nitrogen and oxygen atoms in total. The number of benzene rings is 1. The number of allylic oxidation sites excluding steroid dienone is 2. The molecule has 0 radical (unpaired) electrons. The Morgan fingerprint density at radius 2 is 1.91 bits per heavy atom. The van der Waals surface area contributed by atoms with E-state index in [1.54, 1.807) is 0 Å². The molecule has 1 aromatic carbocycles. The first kappa shape index (κ1) is 25.9. The van der Waals surface area contributed by atoms with Crippen LogP contribution in [0.2, 0.25) is 0 Å². The molecule has 0 bridgehead atoms. The number of carbonyl (C=O) groups is 1. The lowest BCUT2D eigenvalue weighted by molar-refractivity contribution is -0.0461. The van der Waals surface area contributed by atoms with E-state index in [1.807, 2.05) is 44.9 Å². The van der Waals surface area contributed by atoms with Crippen molar-refractivity contribution in [1.29, 1.82) is 0 Å². The van der Waals surface area contributed by atoms with Crippen LogP contribution in [0.5, 0.6) is 0 Å². The van der Waals surface area contributed by atoms with E-state index in [0.29, 0.717) is 19.0 Å². The minimum atomic E-state index is -0.511. The number of nitrogens with one attached hydrogen (secondary N) is 1. The summed E-state index contributed by atoms with van der Waals surface area (Å²) in [5.74, 6) is 0.192. The van der Waals surface area contributed by atoms with E-state index in [0.717, 1.165) is 57.8 Å². The molecule has 2 aliphatic heterocycles. The van der Waals surface area contributed by atoms with Gasteiger partial charge in [0, 0.05) is 50.9 Å². The molecule has 0 aromatic heterocycles. The Kier molecular flexibility index (Phi) is 7.74. The predicted molar refractivity (Wildman–Crippen MR) is 135 cm³/mol. The van der Waals surface area contributed by atoms with Gasteiger partial charge in [0.1, 0.15) is 11.4 Å². The number of anilines is 1. The molecule has 2 fully saturated rings. The van der Waals surface area contributed by atoms with Crippen molar-refractivity contribution >= 4 is 11.8 Å². The minimum absolute atomic E-state index is 0.0394. The van der Waals surface area contributed by atoms with Gasteiger partial charge in [-0.2, -0.15) is 0 Å². The first-order valence-corrected chi connectivity index (χ1v) is 12.8. The van der Waals surface area contributed by atoms with Crippen molar-refractivity contribution in [2.75, 3.05) is 58.0 Å². The standard InChI is InChI=1S/C27H41FN4O3/c1-20-17-27(18-30-12-14-34-15-13-30)19-31(25(33)35-26(2,3)4)11-10-21(27)16-24(20)32(29-5)23-8-6-22(28)7-9-23/h6-9,21,29H,10-19H2,1-5H3/t21-,27-/m0/s1. The second-order valence-electron chi connectivity index (χ2n) is 11.3. The van der Waals surface area contributed by atoms with Crippen LogP contribution in [0.25, 0.3) is 0 Å². The summed E-state index contributed by atoms with van der Waals surface area (Å²) >= 11 is 0. The number of likely N-dealkylation sites (tertiary alicyclic amines) is 1. The topological polar surface area (TPSA) is 57.3 Å². The highest BCUT2D eigenvalue weighted by Crippen LogP contribution is 2.50. The van der Waals surface area contributed by atoms with E-state index in [-0.39, 0.29) is 17.3 Å². The zero-order valence-electron chi connectivity index (χ0n) is 21.9. The maximum atomic E-state index is 13.6. The van der Waals surface area contributed by atoms with E-state index in [2.05, 4.69) is 22.3 Å². The van der Waals surface area contributed by atoms with Crippen LogP contribution < -0.4 is 10.4 Å². The lowest BCUT2D eigenvalue weighted by Crippen LogP contribution is -2.59. The van der Waals surface area contributed by atoms with Crippen molar-refractivity contribution in [1.82, 2.24) is 15.2 Å². The number of fused-ring (bicyclic) bond motifs is 1. The van der Waals surface area contributed by atoms with Gasteiger partial charge in [-0.15, -0.1) is 0 Å². The Balaban J connectivity index is 1.63. The Morgan fingerprint density at radius 3 is 2.54 bits per heavy atom. The minimum Gasteiger partial charge on any atom is -0.444 e. The van der Waals surface area contributed by atoms with Crippen molar-refractivity contribution < 1.29 is 18.7 Å². The van der Waals surface area contributed by atoms with E-state index in [4.69, 9.17) is 9.47 Å². The molecule has 8 heteroatoms. The van der Waals surface area contributed by atoms with Gasteiger partial charge in [0.2, 0.25) is 0 Å². The van der Waals surface area contributed by atoms with Crippen LogP contribution in [0.3, 0.4) is 0 Å². The number of hydrogen-bond donors (Lipinski definition) is 1. The summed E-state index contributed by atoms with van der Waals surface area (Å²) in [4.78, 5) is 17.5. The monoisotopic (exact) mass is 488 g/mol. The van der Waals surface area contributed by atoms with Gasteiger partial charge >= 0.3 is 6.09 Å². The van der Waals surface area contributed by atoms with Crippen LogP contribution in [0.1, 0.15) is 47.0 Å². The fourth-order valence-electron chi connectivity index (χ4n) is 5.98. The molecule has 4 rings (SSSR count). The van der Waals surface area contributed by atoms with Crippen LogP contribution in [0.4, 0.5) is 14.9 Å². The van der Waals surface area contributed by atoms with Gasteiger partial charge < -0.3 is 14.4 Å². The highest BCUT2D eigenvalue weighted by molar-refractivity contribution is 5.68. The largest absolute Gasteiger partial charge is 0.444 e. The number of nitrogens with zero attached hydrogens (tertiary/aromatic N) is 3. The molecule has 0 spiro atoms. The number of piperidine rings is 1. The van der Waals surface area contributed by atoms with E-state index >= 15 is 0 Å². The van der Waals surface area contributed by atoms with Crippen LogP contribution >= 0.6 is 0 Å². The Morgan fingerprint density at radius 1 is 1.23 bits per heavy atom. The van der Waals surface area contributed by atoms with Crippen molar-refractivity contribution in [3.8, 4) is 0 Å². The molecule has 2 heterocycles. The quantitative estimate of drug-likeness (QED) is 0.620. The van der Waals surface area contributed by atoms with Crippen molar-refractivity contribution in [3.05, 3.63) is 41.4 Å². The van der Waals surface area contributed by atoms with Gasteiger partial charge in [0.25, 0.3) is 0 Å². The Labute approximate surface area is 209 Å². The molecular formula is C27H41FN4O3. The number of hydrogen-bond acceptors (Lipinski definition) is 6. The molecule has 2 atom stereocenters. The summed E-state index contributed by atoms with van der Waals surface area (Å²) in [5.41, 5.74) is 6.25. The number of ether oxygens (including phenoxy) is 2. The summed E-state index contributed by atoms with van der Waals surface area (Å²) in [7, 11) is 1.91. The number of rotatable bonds is 5. The van der Waals surface area contributed by atoms with Crippen LogP contribution in [-0.4, -0.2) is 74.5 Å². The first-order valence-electron chi connectivity index (χ1n) is 12.8. The Hall–Kier alpha value is -2.16. The third kappa shape index (κ3) is 5.98. The van der Waals surface area contributed by atoms with Gasteiger partial charge in [0.15, 0.2) is 0 Å². The number of morpholine rings is 1. The molecular weight excluding hydrogens is 447 g/mol. The summed E-state index contributed by atoms with van der Waals surface area (Å²) < 4.78 is 24.9. The molecule has 194 valence electrons. The maximum Gasteiger partial charge on any atom is 0.410 e. The maximum absolute atomic E-state index is 13.6. The SMILES string of the molecule is CNN(C1=C(C)C[C@]2(CN3CCOCC3)CN(C(=O)OC(C)(C)C)CC[C@H]2C1)c1ccc(F)cc1. The van der Waals surface area contributed by atoms with Gasteiger partial charge in [-0.05, 0) is 77.1 Å². The second-order valence-corrected chi connectivity index (χ2v) is 11.3. The third-order valence-electron chi connectivity index (χ3n) is 7.54. The number of halogens is 1. The summed E-state index contributed by atoms with van der Waals surface area (Å²) in [6.07, 6.45) is 2.54. The lowest BCUT2D eigenvalue weighted by Gasteiger charge is -2.54. The number of amides is 1. The summed E-state index contributed by atoms with van der Waals surface area (Å²) in [5, 5.41) is 2.09. The van der Waals surface area contributed by atoms with Crippen molar-refractivity contribution in [2.45, 2.75) is 52.6 Å². The second kappa shape index (κ2) is 10.4. The zero-order chi connectivity index (χ0) is 25.2. The van der Waals surface area contributed by atoms with Crippen LogP contribution in [0, 0.1) is 17.2 Å².